The van der Waals surface area contributed by atoms with E-state index in [0.717, 1.165) is 0 Å². The molecule has 1 atom stereocenters. The molecule has 2 N–H and O–H groups in total. The van der Waals surface area contributed by atoms with Gasteiger partial charge in [0, 0.05) is 40.9 Å². The third kappa shape index (κ3) is 7.55. The molecular formula is C29H31ClN2O7. The Morgan fingerprint density at radius 1 is 1.05 bits per heavy atom. The van der Waals surface area contributed by atoms with Crippen LogP contribution < -0.4 is 15.6 Å². The van der Waals surface area contributed by atoms with E-state index in [0.29, 0.717) is 27.4 Å². The third-order valence-electron chi connectivity index (χ3n) is 5.88. The monoisotopic (exact) mass is 554 g/mol. The number of aromatic carboxylic acids is 1. The first kappa shape index (κ1) is 29.6. The number of carbonyl (C=O) groups is 3. The van der Waals surface area contributed by atoms with Crippen molar-refractivity contribution in [2.24, 2.45) is 0 Å². The number of ether oxygens (including phenoxy) is 2. The zero-order valence-electron chi connectivity index (χ0n) is 22.4. The predicted octanol–water partition coefficient (Wildman–Crippen LogP) is 5.46. The molecule has 0 aliphatic carbocycles. The molecule has 0 aliphatic heterocycles. The highest BCUT2D eigenvalue weighted by atomic mass is 35.5. The van der Waals surface area contributed by atoms with Gasteiger partial charge >= 0.3 is 5.97 Å². The summed E-state index contributed by atoms with van der Waals surface area (Å²) in [4.78, 5) is 50.3. The lowest BCUT2D eigenvalue weighted by Crippen LogP contribution is -2.34. The Balaban J connectivity index is 2.05. The maximum Gasteiger partial charge on any atom is 0.335 e. The van der Waals surface area contributed by atoms with E-state index in [4.69, 9.17) is 26.2 Å². The number of anilines is 1. The molecular weight excluding hydrogens is 524 g/mol. The number of halogens is 1. The second kappa shape index (κ2) is 12.3. The van der Waals surface area contributed by atoms with Crippen LogP contribution in [-0.4, -0.2) is 46.7 Å². The summed E-state index contributed by atoms with van der Waals surface area (Å²) in [5.41, 5.74) is 0.645. The van der Waals surface area contributed by atoms with Crippen molar-refractivity contribution in [2.45, 2.75) is 45.8 Å². The van der Waals surface area contributed by atoms with E-state index >= 15 is 0 Å². The number of carboxylic acid groups (broad SMARTS) is 1. The number of carboxylic acids is 1. The maximum absolute atomic E-state index is 13.4. The van der Waals surface area contributed by atoms with Crippen LogP contribution in [0.5, 0.6) is 5.75 Å². The quantitative estimate of drug-likeness (QED) is 0.319. The van der Waals surface area contributed by atoms with Crippen LogP contribution in [0.25, 0.3) is 11.1 Å². The van der Waals surface area contributed by atoms with Crippen LogP contribution in [0.15, 0.2) is 59.5 Å². The summed E-state index contributed by atoms with van der Waals surface area (Å²) in [6.45, 7) is 7.24. The fourth-order valence-corrected chi connectivity index (χ4v) is 4.16. The molecule has 0 aliphatic rings. The van der Waals surface area contributed by atoms with Crippen molar-refractivity contribution in [3.05, 3.63) is 81.2 Å². The number of nitrogens with zero attached hydrogens (tertiary/aromatic N) is 1. The highest BCUT2D eigenvalue weighted by Crippen LogP contribution is 2.34. The van der Waals surface area contributed by atoms with Crippen molar-refractivity contribution < 1.29 is 29.0 Å². The molecule has 0 fully saturated rings. The molecule has 0 saturated carbocycles. The normalized spacial score (nSPS) is 12.1. The number of carbonyl (C=O) groups excluding carboxylic acids is 2. The molecule has 2 aromatic carbocycles. The molecule has 1 heterocycles. The van der Waals surface area contributed by atoms with Crippen molar-refractivity contribution >= 4 is 34.9 Å². The number of rotatable bonds is 10. The standard InChI is InChI=1S/C29H31ClN2O7/c1-17(33)21-11-8-19(30)14-22(21)23-15-26(34)32(16-25(23)38-5)24(12-13-39-29(2,3)4)27(35)31-20-9-6-18(7-10-20)28(36)37/h6-11,14-16,24H,12-13H2,1-5H3,(H,31,35)(H,36,37)/t24-/m0/s1. The van der Waals surface area contributed by atoms with Gasteiger partial charge < -0.3 is 19.9 Å². The largest absolute Gasteiger partial charge is 0.495 e. The Morgan fingerprint density at radius 3 is 2.28 bits per heavy atom. The van der Waals surface area contributed by atoms with Crippen molar-refractivity contribution in [1.29, 1.82) is 0 Å². The van der Waals surface area contributed by atoms with Gasteiger partial charge in [0.05, 0.1) is 24.5 Å². The fourth-order valence-electron chi connectivity index (χ4n) is 3.99. The minimum absolute atomic E-state index is 0.0746. The van der Waals surface area contributed by atoms with Crippen LogP contribution in [0.1, 0.15) is 60.9 Å². The molecule has 10 heteroatoms. The molecule has 3 aromatic rings. The first-order valence-corrected chi connectivity index (χ1v) is 12.6. The smallest absolute Gasteiger partial charge is 0.335 e. The molecule has 0 radical (unpaired) electrons. The Bertz CT molecular complexity index is 1440. The number of Topliss-reactive ketones (excluding diaryl/α,β-unsaturated/α-hetero) is 1. The SMILES string of the molecule is COc1cn([C@@H](CCOC(C)(C)C)C(=O)Nc2ccc(C(=O)O)cc2)c(=O)cc1-c1cc(Cl)ccc1C(C)=O. The first-order valence-electron chi connectivity index (χ1n) is 12.2. The lowest BCUT2D eigenvalue weighted by Gasteiger charge is -2.24. The third-order valence-corrected chi connectivity index (χ3v) is 6.11. The molecule has 39 heavy (non-hydrogen) atoms. The van der Waals surface area contributed by atoms with E-state index < -0.39 is 29.1 Å². The molecule has 1 aromatic heterocycles. The van der Waals surface area contributed by atoms with Gasteiger partial charge in [-0.05, 0) is 75.7 Å². The minimum Gasteiger partial charge on any atom is -0.495 e. The summed E-state index contributed by atoms with van der Waals surface area (Å²) >= 11 is 6.19. The van der Waals surface area contributed by atoms with Gasteiger partial charge in [-0.25, -0.2) is 4.79 Å². The topological polar surface area (TPSA) is 124 Å². The Kier molecular flexibility index (Phi) is 9.32. The molecule has 0 unspecified atom stereocenters. The Hall–Kier alpha value is -3.95. The van der Waals surface area contributed by atoms with E-state index in [2.05, 4.69) is 5.32 Å². The molecule has 3 rings (SSSR count). The van der Waals surface area contributed by atoms with Crippen LogP contribution in [0, 0.1) is 0 Å². The van der Waals surface area contributed by atoms with Gasteiger partial charge in [-0.3, -0.25) is 19.0 Å². The lowest BCUT2D eigenvalue weighted by molar-refractivity contribution is -0.120. The average Bonchev–Trinajstić information content (AvgIpc) is 2.86. The maximum atomic E-state index is 13.4. The summed E-state index contributed by atoms with van der Waals surface area (Å²) in [7, 11) is 1.42. The van der Waals surface area contributed by atoms with E-state index in [9.17, 15) is 19.2 Å². The lowest BCUT2D eigenvalue weighted by atomic mass is 9.97. The number of hydrogen-bond acceptors (Lipinski definition) is 6. The molecule has 0 saturated heterocycles. The first-order chi connectivity index (χ1) is 18.3. The summed E-state index contributed by atoms with van der Waals surface area (Å²) < 4.78 is 12.7. The van der Waals surface area contributed by atoms with Crippen LogP contribution in [0.3, 0.4) is 0 Å². The molecule has 206 valence electrons. The summed E-state index contributed by atoms with van der Waals surface area (Å²) in [6.07, 6.45) is 1.59. The van der Waals surface area contributed by atoms with Crippen molar-refractivity contribution in [1.82, 2.24) is 4.57 Å². The van der Waals surface area contributed by atoms with E-state index in [-0.39, 0.29) is 30.1 Å². The number of aromatic nitrogens is 1. The second-order valence-electron chi connectivity index (χ2n) is 9.88. The fraction of sp³-hybridized carbons (Fsp3) is 0.310. The van der Waals surface area contributed by atoms with E-state index in [1.807, 2.05) is 20.8 Å². The van der Waals surface area contributed by atoms with Gasteiger partial charge in [0.1, 0.15) is 11.8 Å². The van der Waals surface area contributed by atoms with Gasteiger partial charge in [0.2, 0.25) is 5.91 Å². The van der Waals surface area contributed by atoms with Crippen molar-refractivity contribution in [3.63, 3.8) is 0 Å². The van der Waals surface area contributed by atoms with Crippen LogP contribution >= 0.6 is 11.6 Å². The van der Waals surface area contributed by atoms with Gasteiger partial charge in [-0.1, -0.05) is 11.6 Å². The number of amides is 1. The highest BCUT2D eigenvalue weighted by Gasteiger charge is 2.25. The van der Waals surface area contributed by atoms with E-state index in [1.165, 1.54) is 55.1 Å². The van der Waals surface area contributed by atoms with Crippen LogP contribution in [0.2, 0.25) is 5.02 Å². The number of pyridine rings is 1. The van der Waals surface area contributed by atoms with Gasteiger partial charge in [0.15, 0.2) is 5.78 Å². The van der Waals surface area contributed by atoms with Crippen molar-refractivity contribution in [3.8, 4) is 16.9 Å². The molecule has 9 nitrogen and oxygen atoms in total. The molecule has 0 spiro atoms. The minimum atomic E-state index is -1.09. The van der Waals surface area contributed by atoms with Gasteiger partial charge in [-0.2, -0.15) is 0 Å². The number of methoxy groups -OCH3 is 1. The second-order valence-corrected chi connectivity index (χ2v) is 10.3. The van der Waals surface area contributed by atoms with Crippen LogP contribution in [0.4, 0.5) is 5.69 Å². The Labute approximate surface area is 231 Å². The van der Waals surface area contributed by atoms with Gasteiger partial charge in [-0.15, -0.1) is 0 Å². The summed E-state index contributed by atoms with van der Waals surface area (Å²) in [6, 6.07) is 10.8. The van der Waals surface area contributed by atoms with Crippen molar-refractivity contribution in [2.75, 3.05) is 19.0 Å². The Morgan fingerprint density at radius 2 is 1.72 bits per heavy atom. The van der Waals surface area contributed by atoms with Gasteiger partial charge in [0.25, 0.3) is 5.56 Å². The van der Waals surface area contributed by atoms with Crippen LogP contribution in [-0.2, 0) is 9.53 Å². The summed E-state index contributed by atoms with van der Waals surface area (Å²) in [5, 5.41) is 12.3. The number of benzene rings is 2. The zero-order chi connectivity index (χ0) is 28.9. The van der Waals surface area contributed by atoms with E-state index in [1.54, 1.807) is 18.2 Å². The zero-order valence-corrected chi connectivity index (χ0v) is 23.2. The highest BCUT2D eigenvalue weighted by molar-refractivity contribution is 6.31. The summed E-state index contributed by atoms with van der Waals surface area (Å²) in [5.74, 6) is -1.53. The predicted molar refractivity (Wildman–Crippen MR) is 149 cm³/mol. The average molecular weight is 555 g/mol. The number of nitrogens with one attached hydrogen (secondary N) is 1. The number of hydrogen-bond donors (Lipinski definition) is 2. The number of ketones is 1. The molecule has 0 bridgehead atoms. The molecule has 1 amide bonds.